The highest BCUT2D eigenvalue weighted by Crippen LogP contribution is 2.13. The van der Waals surface area contributed by atoms with Crippen molar-refractivity contribution >= 4 is 0 Å². The zero-order valence-corrected chi connectivity index (χ0v) is 11.1. The molecule has 3 rings (SSSR count). The van der Waals surface area contributed by atoms with Crippen molar-refractivity contribution in [3.63, 3.8) is 0 Å². The SMILES string of the molecule is c1ccc(COCCn2cc(-c3cnc[nH]3)cn2)cc1. The third-order valence-electron chi connectivity index (χ3n) is 3.02. The molecular weight excluding hydrogens is 252 g/mol. The van der Waals surface area contributed by atoms with Gasteiger partial charge >= 0.3 is 0 Å². The van der Waals surface area contributed by atoms with E-state index in [1.165, 1.54) is 5.56 Å². The average Bonchev–Trinajstić information content (AvgIpc) is 3.15. The number of aromatic amines is 1. The number of aromatic nitrogens is 4. The molecule has 1 N–H and O–H groups in total. The summed E-state index contributed by atoms with van der Waals surface area (Å²) in [5.41, 5.74) is 3.19. The van der Waals surface area contributed by atoms with Crippen molar-refractivity contribution in [2.45, 2.75) is 13.2 Å². The Hall–Kier alpha value is -2.40. The number of ether oxygens (including phenoxy) is 1. The molecule has 0 spiro atoms. The Kier molecular flexibility index (Phi) is 3.89. The van der Waals surface area contributed by atoms with Gasteiger partial charge in [0, 0.05) is 11.8 Å². The molecule has 2 aromatic heterocycles. The first kappa shape index (κ1) is 12.6. The summed E-state index contributed by atoms with van der Waals surface area (Å²) in [4.78, 5) is 7.06. The molecule has 0 saturated heterocycles. The van der Waals surface area contributed by atoms with Gasteiger partial charge in [-0.3, -0.25) is 4.68 Å². The van der Waals surface area contributed by atoms with Gasteiger partial charge in [0.2, 0.25) is 0 Å². The van der Waals surface area contributed by atoms with Crippen molar-refractivity contribution in [2.24, 2.45) is 0 Å². The Balaban J connectivity index is 1.47. The summed E-state index contributed by atoms with van der Waals surface area (Å²) in [6.07, 6.45) is 7.26. The second kappa shape index (κ2) is 6.16. The predicted molar refractivity (Wildman–Crippen MR) is 75.9 cm³/mol. The monoisotopic (exact) mass is 268 g/mol. The first-order valence-corrected chi connectivity index (χ1v) is 6.55. The van der Waals surface area contributed by atoms with E-state index in [1.807, 2.05) is 35.3 Å². The molecule has 0 radical (unpaired) electrons. The molecular formula is C15H16N4O. The smallest absolute Gasteiger partial charge is 0.0924 e. The van der Waals surface area contributed by atoms with Crippen LogP contribution < -0.4 is 0 Å². The predicted octanol–water partition coefficient (Wildman–Crippen LogP) is 2.49. The van der Waals surface area contributed by atoms with E-state index in [4.69, 9.17) is 4.74 Å². The van der Waals surface area contributed by atoms with Crippen molar-refractivity contribution in [1.82, 2.24) is 19.7 Å². The van der Waals surface area contributed by atoms with Gasteiger partial charge in [0.05, 0.1) is 44.2 Å². The van der Waals surface area contributed by atoms with Crippen molar-refractivity contribution in [3.8, 4) is 11.3 Å². The number of nitrogens with one attached hydrogen (secondary N) is 1. The molecule has 5 heteroatoms. The summed E-state index contributed by atoms with van der Waals surface area (Å²) in [6, 6.07) is 10.2. The number of benzene rings is 1. The van der Waals surface area contributed by atoms with Crippen LogP contribution in [0.3, 0.4) is 0 Å². The lowest BCUT2D eigenvalue weighted by atomic mass is 10.2. The standard InChI is InChI=1S/C15H16N4O/c1-2-4-13(5-3-1)11-20-7-6-19-10-14(8-18-19)15-9-16-12-17-15/h1-5,8-10,12H,6-7,11H2,(H,16,17). The van der Waals surface area contributed by atoms with E-state index in [0.29, 0.717) is 13.2 Å². The normalized spacial score (nSPS) is 10.8. The number of H-pyrrole nitrogens is 1. The Bertz CT molecular complexity index is 631. The van der Waals surface area contributed by atoms with Crippen LogP contribution in [-0.4, -0.2) is 26.4 Å². The Morgan fingerprint density at radius 2 is 2.05 bits per heavy atom. The van der Waals surface area contributed by atoms with Gasteiger partial charge < -0.3 is 9.72 Å². The fourth-order valence-corrected chi connectivity index (χ4v) is 1.96. The maximum absolute atomic E-state index is 5.64. The molecule has 5 nitrogen and oxygen atoms in total. The van der Waals surface area contributed by atoms with Crippen LogP contribution in [0.4, 0.5) is 0 Å². The molecule has 0 bridgehead atoms. The van der Waals surface area contributed by atoms with Crippen molar-refractivity contribution in [3.05, 3.63) is 60.8 Å². The quantitative estimate of drug-likeness (QED) is 0.699. The van der Waals surface area contributed by atoms with Crippen molar-refractivity contribution in [2.75, 3.05) is 6.61 Å². The molecule has 0 aliphatic heterocycles. The Labute approximate surface area is 117 Å². The summed E-state index contributed by atoms with van der Waals surface area (Å²) in [6.45, 7) is 2.01. The highest BCUT2D eigenvalue weighted by Gasteiger charge is 2.02. The fourth-order valence-electron chi connectivity index (χ4n) is 1.96. The summed E-state index contributed by atoms with van der Waals surface area (Å²) in [5, 5.41) is 4.31. The van der Waals surface area contributed by atoms with E-state index in [-0.39, 0.29) is 0 Å². The average molecular weight is 268 g/mol. The lowest BCUT2D eigenvalue weighted by Gasteiger charge is -2.04. The van der Waals surface area contributed by atoms with Gasteiger partial charge in [0.1, 0.15) is 0 Å². The van der Waals surface area contributed by atoms with Crippen LogP contribution in [-0.2, 0) is 17.9 Å². The van der Waals surface area contributed by atoms with E-state index in [2.05, 4.69) is 27.2 Å². The van der Waals surface area contributed by atoms with E-state index in [0.717, 1.165) is 17.8 Å². The van der Waals surface area contributed by atoms with Crippen LogP contribution in [0, 0.1) is 0 Å². The topological polar surface area (TPSA) is 55.7 Å². The molecule has 20 heavy (non-hydrogen) atoms. The molecule has 0 atom stereocenters. The summed E-state index contributed by atoms with van der Waals surface area (Å²) in [7, 11) is 0. The molecule has 0 unspecified atom stereocenters. The minimum Gasteiger partial charge on any atom is -0.375 e. The Morgan fingerprint density at radius 3 is 2.85 bits per heavy atom. The molecule has 0 aliphatic rings. The molecule has 0 saturated carbocycles. The molecule has 102 valence electrons. The molecule has 2 heterocycles. The number of nitrogens with zero attached hydrogens (tertiary/aromatic N) is 3. The van der Waals surface area contributed by atoms with E-state index in [9.17, 15) is 0 Å². The number of hydrogen-bond donors (Lipinski definition) is 1. The minimum absolute atomic E-state index is 0.634. The lowest BCUT2D eigenvalue weighted by Crippen LogP contribution is -2.06. The second-order valence-electron chi connectivity index (χ2n) is 4.50. The maximum atomic E-state index is 5.64. The molecule has 0 aliphatic carbocycles. The van der Waals surface area contributed by atoms with Gasteiger partial charge in [-0.25, -0.2) is 4.98 Å². The van der Waals surface area contributed by atoms with Gasteiger partial charge in [0.15, 0.2) is 0 Å². The number of rotatable bonds is 6. The molecule has 3 aromatic rings. The van der Waals surface area contributed by atoms with Crippen LogP contribution in [0.5, 0.6) is 0 Å². The lowest BCUT2D eigenvalue weighted by molar-refractivity contribution is 0.111. The van der Waals surface area contributed by atoms with Crippen molar-refractivity contribution < 1.29 is 4.74 Å². The molecule has 0 fully saturated rings. The maximum Gasteiger partial charge on any atom is 0.0924 e. The van der Waals surface area contributed by atoms with Gasteiger partial charge in [-0.15, -0.1) is 0 Å². The van der Waals surface area contributed by atoms with E-state index >= 15 is 0 Å². The largest absolute Gasteiger partial charge is 0.375 e. The van der Waals surface area contributed by atoms with Crippen LogP contribution in [0.1, 0.15) is 5.56 Å². The molecule has 1 aromatic carbocycles. The second-order valence-corrected chi connectivity index (χ2v) is 4.50. The number of imidazole rings is 1. The fraction of sp³-hybridized carbons (Fsp3) is 0.200. The van der Waals surface area contributed by atoms with Crippen LogP contribution in [0.25, 0.3) is 11.3 Å². The third kappa shape index (κ3) is 3.13. The third-order valence-corrected chi connectivity index (χ3v) is 3.02. The summed E-state index contributed by atoms with van der Waals surface area (Å²) >= 11 is 0. The molecule has 0 amide bonds. The van der Waals surface area contributed by atoms with Crippen LogP contribution in [0.15, 0.2) is 55.2 Å². The zero-order valence-electron chi connectivity index (χ0n) is 11.1. The Morgan fingerprint density at radius 1 is 1.15 bits per heavy atom. The van der Waals surface area contributed by atoms with E-state index < -0.39 is 0 Å². The van der Waals surface area contributed by atoms with Gasteiger partial charge in [-0.2, -0.15) is 5.10 Å². The first-order chi connectivity index (χ1) is 9.92. The van der Waals surface area contributed by atoms with Gasteiger partial charge in [-0.1, -0.05) is 30.3 Å². The minimum atomic E-state index is 0.634. The van der Waals surface area contributed by atoms with Gasteiger partial charge in [-0.05, 0) is 5.56 Å². The highest BCUT2D eigenvalue weighted by molar-refractivity contribution is 5.55. The number of hydrogen-bond acceptors (Lipinski definition) is 3. The van der Waals surface area contributed by atoms with E-state index in [1.54, 1.807) is 12.5 Å². The van der Waals surface area contributed by atoms with Gasteiger partial charge in [0.25, 0.3) is 0 Å². The van der Waals surface area contributed by atoms with Crippen molar-refractivity contribution in [1.29, 1.82) is 0 Å². The van der Waals surface area contributed by atoms with Crippen LogP contribution in [0.2, 0.25) is 0 Å². The van der Waals surface area contributed by atoms with Crippen LogP contribution >= 0.6 is 0 Å². The zero-order chi connectivity index (χ0) is 13.6. The summed E-state index contributed by atoms with van der Waals surface area (Å²) < 4.78 is 7.52. The highest BCUT2D eigenvalue weighted by atomic mass is 16.5. The first-order valence-electron chi connectivity index (χ1n) is 6.55. The summed E-state index contributed by atoms with van der Waals surface area (Å²) in [5.74, 6) is 0.